The zero-order chi connectivity index (χ0) is 15.5. The Labute approximate surface area is 123 Å². The van der Waals surface area contributed by atoms with E-state index in [1.165, 1.54) is 12.1 Å². The van der Waals surface area contributed by atoms with Gasteiger partial charge in [0.1, 0.15) is 5.82 Å². The maximum absolute atomic E-state index is 13.0. The molecule has 1 atom stereocenters. The van der Waals surface area contributed by atoms with E-state index in [4.69, 9.17) is 15.0 Å². The normalized spacial score (nSPS) is 13.4. The second kappa shape index (κ2) is 6.32. The maximum atomic E-state index is 13.0. The molecule has 1 aromatic heterocycles. The highest BCUT2D eigenvalue weighted by Gasteiger charge is 2.29. The average Bonchev–Trinajstić information content (AvgIpc) is 2.94. The van der Waals surface area contributed by atoms with Crippen LogP contribution in [0.4, 0.5) is 4.39 Å². The molecule has 114 valence electrons. The van der Waals surface area contributed by atoms with E-state index < -0.39 is 5.41 Å². The van der Waals surface area contributed by atoms with Crippen LogP contribution in [0.25, 0.3) is 0 Å². The number of rotatable bonds is 6. The number of nitrogens with zero attached hydrogens (tertiary/aromatic N) is 2. The summed E-state index contributed by atoms with van der Waals surface area (Å²) < 4.78 is 23.5. The summed E-state index contributed by atoms with van der Waals surface area (Å²) in [4.78, 5) is 4.41. The van der Waals surface area contributed by atoms with Crippen molar-refractivity contribution in [2.75, 3.05) is 13.7 Å². The number of hydrogen-bond acceptors (Lipinski definition) is 5. The molecule has 0 radical (unpaired) electrons. The zero-order valence-corrected chi connectivity index (χ0v) is 12.5. The summed E-state index contributed by atoms with van der Waals surface area (Å²) in [5.74, 6) is 0.766. The molecule has 0 amide bonds. The van der Waals surface area contributed by atoms with Crippen LogP contribution in [0, 0.1) is 5.82 Å². The Balaban J connectivity index is 2.21. The largest absolute Gasteiger partial charge is 0.380 e. The molecular formula is C15H20FN3O2. The number of methoxy groups -OCH3 is 1. The van der Waals surface area contributed by atoms with Crippen LogP contribution in [0.1, 0.15) is 31.1 Å². The van der Waals surface area contributed by atoms with Crippen LogP contribution >= 0.6 is 0 Å². The van der Waals surface area contributed by atoms with Crippen LogP contribution in [0.15, 0.2) is 28.8 Å². The minimum atomic E-state index is -0.471. The van der Waals surface area contributed by atoms with Gasteiger partial charge < -0.3 is 15.0 Å². The highest BCUT2D eigenvalue weighted by Crippen LogP contribution is 2.29. The highest BCUT2D eigenvalue weighted by atomic mass is 19.1. The molecule has 0 spiro atoms. The first-order chi connectivity index (χ1) is 9.97. The number of ether oxygens (including phenoxy) is 1. The molecule has 2 aromatic rings. The molecule has 0 saturated carbocycles. The van der Waals surface area contributed by atoms with Crippen LogP contribution < -0.4 is 5.73 Å². The van der Waals surface area contributed by atoms with E-state index in [1.54, 1.807) is 19.2 Å². The Kier molecular flexibility index (Phi) is 4.69. The van der Waals surface area contributed by atoms with Gasteiger partial charge in [0.15, 0.2) is 5.82 Å². The topological polar surface area (TPSA) is 74.2 Å². The van der Waals surface area contributed by atoms with Gasteiger partial charge in [-0.05, 0) is 31.5 Å². The highest BCUT2D eigenvalue weighted by molar-refractivity contribution is 5.30. The zero-order valence-electron chi connectivity index (χ0n) is 12.5. The van der Waals surface area contributed by atoms with Crippen molar-refractivity contribution in [1.82, 2.24) is 10.1 Å². The van der Waals surface area contributed by atoms with E-state index in [2.05, 4.69) is 10.1 Å². The summed E-state index contributed by atoms with van der Waals surface area (Å²) >= 11 is 0. The van der Waals surface area contributed by atoms with E-state index in [0.717, 1.165) is 5.56 Å². The van der Waals surface area contributed by atoms with Gasteiger partial charge in [-0.15, -0.1) is 0 Å². The van der Waals surface area contributed by atoms with Gasteiger partial charge in [-0.3, -0.25) is 0 Å². The van der Waals surface area contributed by atoms with Gasteiger partial charge in [0, 0.05) is 13.7 Å². The molecule has 6 heteroatoms. The predicted octanol–water partition coefficient (Wildman–Crippen LogP) is 2.05. The van der Waals surface area contributed by atoms with Crippen molar-refractivity contribution in [3.63, 3.8) is 0 Å². The smallest absolute Gasteiger partial charge is 0.229 e. The first kappa shape index (κ1) is 15.6. The number of aromatic nitrogens is 2. The van der Waals surface area contributed by atoms with Gasteiger partial charge in [-0.25, -0.2) is 4.39 Å². The van der Waals surface area contributed by atoms with E-state index in [9.17, 15) is 4.39 Å². The SMILES string of the molecule is COC(CN)Cc1nc(C(C)(C)c2ccc(F)cc2)no1. The van der Waals surface area contributed by atoms with Crippen LogP contribution in [-0.4, -0.2) is 29.9 Å². The fourth-order valence-electron chi connectivity index (χ4n) is 2.04. The van der Waals surface area contributed by atoms with Gasteiger partial charge >= 0.3 is 0 Å². The Hall–Kier alpha value is -1.79. The van der Waals surface area contributed by atoms with Gasteiger partial charge in [-0.1, -0.05) is 17.3 Å². The summed E-state index contributed by atoms with van der Waals surface area (Å²) in [6.07, 6.45) is 0.326. The number of halogens is 1. The molecule has 0 aliphatic rings. The van der Waals surface area contributed by atoms with E-state index >= 15 is 0 Å². The summed E-state index contributed by atoms with van der Waals surface area (Å²) in [6, 6.07) is 6.30. The molecule has 21 heavy (non-hydrogen) atoms. The monoisotopic (exact) mass is 293 g/mol. The lowest BCUT2D eigenvalue weighted by Crippen LogP contribution is -2.25. The Bertz CT molecular complexity index is 577. The fourth-order valence-corrected chi connectivity index (χ4v) is 2.04. The lowest BCUT2D eigenvalue weighted by molar-refractivity contribution is 0.102. The average molecular weight is 293 g/mol. The van der Waals surface area contributed by atoms with Crippen molar-refractivity contribution in [1.29, 1.82) is 0 Å². The number of nitrogens with two attached hydrogens (primary N) is 1. The molecule has 0 aliphatic heterocycles. The summed E-state index contributed by atoms with van der Waals surface area (Å²) in [5.41, 5.74) is 6.02. The second-order valence-corrected chi connectivity index (χ2v) is 5.44. The van der Waals surface area contributed by atoms with E-state index in [1.807, 2.05) is 13.8 Å². The van der Waals surface area contributed by atoms with Crippen LogP contribution in [0.5, 0.6) is 0 Å². The molecule has 0 saturated heterocycles. The first-order valence-electron chi connectivity index (χ1n) is 6.79. The third-order valence-corrected chi connectivity index (χ3v) is 3.59. The minimum Gasteiger partial charge on any atom is -0.380 e. The van der Waals surface area contributed by atoms with Crippen LogP contribution in [0.2, 0.25) is 0 Å². The van der Waals surface area contributed by atoms with E-state index in [-0.39, 0.29) is 11.9 Å². The third kappa shape index (κ3) is 3.46. The molecule has 1 aromatic carbocycles. The summed E-state index contributed by atoms with van der Waals surface area (Å²) in [6.45, 7) is 4.31. The Morgan fingerprint density at radius 2 is 2.00 bits per heavy atom. The van der Waals surface area contributed by atoms with Crippen molar-refractivity contribution in [2.45, 2.75) is 31.8 Å². The lowest BCUT2D eigenvalue weighted by Gasteiger charge is -2.20. The predicted molar refractivity (Wildman–Crippen MR) is 76.4 cm³/mol. The van der Waals surface area contributed by atoms with Crippen LogP contribution in [-0.2, 0) is 16.6 Å². The summed E-state index contributed by atoms with van der Waals surface area (Å²) in [7, 11) is 1.59. The molecule has 0 fully saturated rings. The molecule has 2 rings (SSSR count). The van der Waals surface area contributed by atoms with Gasteiger partial charge in [0.05, 0.1) is 17.9 Å². The first-order valence-corrected chi connectivity index (χ1v) is 6.79. The van der Waals surface area contributed by atoms with Gasteiger partial charge in [-0.2, -0.15) is 4.98 Å². The van der Waals surface area contributed by atoms with Crippen molar-refractivity contribution in [2.24, 2.45) is 5.73 Å². The van der Waals surface area contributed by atoms with Crippen molar-refractivity contribution in [3.05, 3.63) is 47.4 Å². The van der Waals surface area contributed by atoms with E-state index in [0.29, 0.717) is 24.7 Å². The quantitative estimate of drug-likeness (QED) is 0.882. The molecule has 2 N–H and O–H groups in total. The summed E-state index contributed by atoms with van der Waals surface area (Å²) in [5, 5.41) is 4.03. The Morgan fingerprint density at radius 3 is 2.57 bits per heavy atom. The van der Waals surface area contributed by atoms with Crippen molar-refractivity contribution < 1.29 is 13.7 Å². The van der Waals surface area contributed by atoms with Gasteiger partial charge in [0.25, 0.3) is 0 Å². The fraction of sp³-hybridized carbons (Fsp3) is 0.467. The number of benzene rings is 1. The minimum absolute atomic E-state index is 0.146. The van der Waals surface area contributed by atoms with Crippen LogP contribution in [0.3, 0.4) is 0 Å². The second-order valence-electron chi connectivity index (χ2n) is 5.44. The standard InChI is InChI=1S/C15H20FN3O2/c1-15(2,10-4-6-11(16)7-5-10)14-18-13(21-19-14)8-12(9-17)20-3/h4-7,12H,8-9,17H2,1-3H3. The molecule has 0 bridgehead atoms. The van der Waals surface area contributed by atoms with Crippen molar-refractivity contribution in [3.8, 4) is 0 Å². The Morgan fingerprint density at radius 1 is 1.33 bits per heavy atom. The third-order valence-electron chi connectivity index (χ3n) is 3.59. The molecular weight excluding hydrogens is 273 g/mol. The van der Waals surface area contributed by atoms with Gasteiger partial charge in [0.2, 0.25) is 5.89 Å². The molecule has 1 unspecified atom stereocenters. The maximum Gasteiger partial charge on any atom is 0.229 e. The molecule has 1 heterocycles. The number of hydrogen-bond donors (Lipinski definition) is 1. The lowest BCUT2D eigenvalue weighted by atomic mass is 9.84. The van der Waals surface area contributed by atoms with Crippen molar-refractivity contribution >= 4 is 0 Å². The molecule has 0 aliphatic carbocycles. The molecule has 5 nitrogen and oxygen atoms in total.